The van der Waals surface area contributed by atoms with Crippen LogP contribution in [0.3, 0.4) is 0 Å². The molecule has 4 rings (SSSR count). The lowest BCUT2D eigenvalue weighted by Gasteiger charge is -2.18. The predicted molar refractivity (Wildman–Crippen MR) is 106 cm³/mol. The smallest absolute Gasteiger partial charge is 0.262 e. The fourth-order valence-electron chi connectivity index (χ4n) is 4.04. The average Bonchev–Trinajstić information content (AvgIpc) is 3.26. The standard InChI is InChI=1S/C21H27N3O4/c25-19-13-28-18-7-6-14(12-17(18)23-19)8-10-22-9-1-2-11-24-20(26)15-4-3-5-16(15)21(24)27/h6-7,12,22,26-27H,1-5,8-11,13H2,(H,23,25). The third kappa shape index (κ3) is 3.80. The van der Waals surface area contributed by atoms with E-state index in [9.17, 15) is 15.0 Å². The highest BCUT2D eigenvalue weighted by atomic mass is 16.5. The molecule has 1 aromatic heterocycles. The maximum atomic E-state index is 11.4. The fourth-order valence-corrected chi connectivity index (χ4v) is 4.04. The van der Waals surface area contributed by atoms with Gasteiger partial charge in [0.05, 0.1) is 5.69 Å². The van der Waals surface area contributed by atoms with Gasteiger partial charge in [0.2, 0.25) is 0 Å². The van der Waals surface area contributed by atoms with Crippen LogP contribution in [0, 0.1) is 0 Å². The molecule has 0 spiro atoms. The molecule has 28 heavy (non-hydrogen) atoms. The van der Waals surface area contributed by atoms with E-state index in [0.717, 1.165) is 79.7 Å². The lowest BCUT2D eigenvalue weighted by Crippen LogP contribution is -2.25. The summed E-state index contributed by atoms with van der Waals surface area (Å²) in [4.78, 5) is 11.4. The minimum Gasteiger partial charge on any atom is -0.494 e. The van der Waals surface area contributed by atoms with E-state index < -0.39 is 0 Å². The van der Waals surface area contributed by atoms with Crippen molar-refractivity contribution < 1.29 is 19.7 Å². The van der Waals surface area contributed by atoms with Crippen LogP contribution in [0.4, 0.5) is 5.69 Å². The number of amides is 1. The first-order valence-electron chi connectivity index (χ1n) is 10.0. The number of ether oxygens (including phenoxy) is 1. The second-order valence-corrected chi connectivity index (χ2v) is 7.48. The minimum atomic E-state index is -0.118. The number of anilines is 1. The molecule has 1 aliphatic carbocycles. The monoisotopic (exact) mass is 385 g/mol. The SMILES string of the molecule is O=C1COc2ccc(CCNCCCCn3c(O)c4c(c3O)CCC4)cc2N1. The lowest BCUT2D eigenvalue weighted by atomic mass is 10.1. The first-order valence-corrected chi connectivity index (χ1v) is 10.0. The number of benzene rings is 1. The molecule has 2 heterocycles. The van der Waals surface area contributed by atoms with Crippen LogP contribution in [-0.2, 0) is 30.6 Å². The summed E-state index contributed by atoms with van der Waals surface area (Å²) in [5, 5.41) is 26.8. The number of carbonyl (C=O) groups is 1. The van der Waals surface area contributed by atoms with E-state index in [0.29, 0.717) is 6.54 Å². The van der Waals surface area contributed by atoms with Gasteiger partial charge in [0.1, 0.15) is 5.75 Å². The zero-order chi connectivity index (χ0) is 19.5. The molecule has 0 radical (unpaired) electrons. The normalized spacial score (nSPS) is 15.1. The number of nitrogens with one attached hydrogen (secondary N) is 2. The summed E-state index contributed by atoms with van der Waals surface area (Å²) in [6.45, 7) is 2.45. The van der Waals surface area contributed by atoms with Crippen molar-refractivity contribution >= 4 is 11.6 Å². The Balaban J connectivity index is 1.16. The zero-order valence-electron chi connectivity index (χ0n) is 16.0. The van der Waals surface area contributed by atoms with Gasteiger partial charge in [0, 0.05) is 17.7 Å². The highest BCUT2D eigenvalue weighted by molar-refractivity contribution is 5.95. The van der Waals surface area contributed by atoms with E-state index in [1.807, 2.05) is 18.2 Å². The van der Waals surface area contributed by atoms with Crippen molar-refractivity contribution in [2.24, 2.45) is 0 Å². The molecule has 7 heteroatoms. The Morgan fingerprint density at radius 3 is 2.68 bits per heavy atom. The lowest BCUT2D eigenvalue weighted by molar-refractivity contribution is -0.118. The van der Waals surface area contributed by atoms with Crippen molar-refractivity contribution in [2.45, 2.75) is 45.1 Å². The molecule has 150 valence electrons. The van der Waals surface area contributed by atoms with Crippen LogP contribution in [0.1, 0.15) is 36.0 Å². The molecule has 2 aromatic rings. The van der Waals surface area contributed by atoms with E-state index in [1.165, 1.54) is 0 Å². The molecule has 0 saturated carbocycles. The molecule has 0 fully saturated rings. The van der Waals surface area contributed by atoms with Gasteiger partial charge < -0.3 is 25.6 Å². The van der Waals surface area contributed by atoms with Gasteiger partial charge in [-0.2, -0.15) is 0 Å². The summed E-state index contributed by atoms with van der Waals surface area (Å²) >= 11 is 0. The number of unbranched alkanes of at least 4 members (excludes halogenated alkanes) is 1. The number of aromatic nitrogens is 1. The zero-order valence-corrected chi connectivity index (χ0v) is 16.0. The Kier molecular flexibility index (Phi) is 5.43. The number of rotatable bonds is 8. The molecular weight excluding hydrogens is 358 g/mol. The summed E-state index contributed by atoms with van der Waals surface area (Å²) in [7, 11) is 0. The highest BCUT2D eigenvalue weighted by Gasteiger charge is 2.25. The topological polar surface area (TPSA) is 95.8 Å². The summed E-state index contributed by atoms with van der Waals surface area (Å²) < 4.78 is 7.01. The summed E-state index contributed by atoms with van der Waals surface area (Å²) in [5.74, 6) is 1.11. The fraction of sp³-hybridized carbons (Fsp3) is 0.476. The van der Waals surface area contributed by atoms with Crippen molar-refractivity contribution in [2.75, 3.05) is 25.0 Å². The van der Waals surface area contributed by atoms with Crippen LogP contribution in [0.2, 0.25) is 0 Å². The quantitative estimate of drug-likeness (QED) is 0.523. The molecular formula is C21H27N3O4. The Labute approximate surface area is 164 Å². The molecule has 2 aliphatic rings. The van der Waals surface area contributed by atoms with Gasteiger partial charge in [0.25, 0.3) is 5.91 Å². The van der Waals surface area contributed by atoms with E-state index in [2.05, 4.69) is 10.6 Å². The van der Waals surface area contributed by atoms with Gasteiger partial charge in [-0.25, -0.2) is 0 Å². The van der Waals surface area contributed by atoms with Crippen LogP contribution in [0.25, 0.3) is 0 Å². The van der Waals surface area contributed by atoms with E-state index in [1.54, 1.807) is 4.57 Å². The first kappa shape index (κ1) is 18.7. The number of hydrogen-bond donors (Lipinski definition) is 4. The number of carbonyl (C=O) groups excluding carboxylic acids is 1. The van der Waals surface area contributed by atoms with Gasteiger partial charge >= 0.3 is 0 Å². The number of nitrogens with zero attached hydrogens (tertiary/aromatic N) is 1. The molecule has 1 amide bonds. The van der Waals surface area contributed by atoms with Crippen molar-refractivity contribution in [1.29, 1.82) is 0 Å². The molecule has 0 bridgehead atoms. The van der Waals surface area contributed by atoms with Gasteiger partial charge in [0.15, 0.2) is 18.4 Å². The molecule has 7 nitrogen and oxygen atoms in total. The van der Waals surface area contributed by atoms with Crippen molar-refractivity contribution in [3.05, 3.63) is 34.9 Å². The number of hydrogen-bond acceptors (Lipinski definition) is 5. The molecule has 0 unspecified atom stereocenters. The largest absolute Gasteiger partial charge is 0.494 e. The van der Waals surface area contributed by atoms with E-state index in [4.69, 9.17) is 4.74 Å². The second kappa shape index (κ2) is 8.14. The van der Waals surface area contributed by atoms with Gasteiger partial charge in [-0.15, -0.1) is 0 Å². The van der Waals surface area contributed by atoms with E-state index in [-0.39, 0.29) is 24.3 Å². The first-order chi connectivity index (χ1) is 13.6. The Morgan fingerprint density at radius 1 is 1.11 bits per heavy atom. The maximum Gasteiger partial charge on any atom is 0.262 e. The number of fused-ring (bicyclic) bond motifs is 2. The summed E-state index contributed by atoms with van der Waals surface area (Å²) in [6.07, 6.45) is 5.47. The molecule has 0 saturated heterocycles. The third-order valence-corrected chi connectivity index (χ3v) is 5.52. The number of aromatic hydroxyl groups is 2. The van der Waals surface area contributed by atoms with Crippen LogP contribution >= 0.6 is 0 Å². The van der Waals surface area contributed by atoms with E-state index >= 15 is 0 Å². The molecule has 4 N–H and O–H groups in total. The van der Waals surface area contributed by atoms with Crippen LogP contribution in [-0.4, -0.2) is 40.4 Å². The van der Waals surface area contributed by atoms with Crippen molar-refractivity contribution in [1.82, 2.24) is 9.88 Å². The summed E-state index contributed by atoms with van der Waals surface area (Å²) in [6, 6.07) is 5.89. The van der Waals surface area contributed by atoms with Crippen LogP contribution < -0.4 is 15.4 Å². The molecule has 1 aromatic carbocycles. The second-order valence-electron chi connectivity index (χ2n) is 7.48. The van der Waals surface area contributed by atoms with Crippen molar-refractivity contribution in [3.8, 4) is 17.5 Å². The minimum absolute atomic E-state index is 0.0785. The predicted octanol–water partition coefficient (Wildman–Crippen LogP) is 2.33. The third-order valence-electron chi connectivity index (χ3n) is 5.52. The van der Waals surface area contributed by atoms with Gasteiger partial charge in [-0.1, -0.05) is 6.07 Å². The maximum absolute atomic E-state index is 11.4. The summed E-state index contributed by atoms with van der Waals surface area (Å²) in [5.41, 5.74) is 3.75. The van der Waals surface area contributed by atoms with Crippen LogP contribution in [0.15, 0.2) is 18.2 Å². The molecule has 1 aliphatic heterocycles. The molecule has 0 atom stereocenters. The van der Waals surface area contributed by atoms with Crippen LogP contribution in [0.5, 0.6) is 17.5 Å². The van der Waals surface area contributed by atoms with Gasteiger partial charge in [-0.05, 0) is 69.3 Å². The average molecular weight is 385 g/mol. The van der Waals surface area contributed by atoms with Gasteiger partial charge in [-0.3, -0.25) is 9.36 Å². The Bertz CT molecular complexity index is 848. The Hall–Kier alpha value is -2.67. The highest BCUT2D eigenvalue weighted by Crippen LogP contribution is 2.39. The van der Waals surface area contributed by atoms with Crippen molar-refractivity contribution in [3.63, 3.8) is 0 Å². The Morgan fingerprint density at radius 2 is 1.89 bits per heavy atom.